The average molecular weight is 339 g/mol. The Hall–Kier alpha value is -0.820. The van der Waals surface area contributed by atoms with E-state index >= 15 is 0 Å². The number of halogens is 2. The van der Waals surface area contributed by atoms with E-state index in [4.69, 9.17) is 23.2 Å². The minimum absolute atomic E-state index is 0.263. The highest BCUT2D eigenvalue weighted by atomic mass is 35.5. The van der Waals surface area contributed by atoms with Crippen LogP contribution in [0.15, 0.2) is 18.2 Å². The lowest BCUT2D eigenvalue weighted by Crippen LogP contribution is -2.41. The lowest BCUT2D eigenvalue weighted by Gasteiger charge is -2.23. The summed E-state index contributed by atoms with van der Waals surface area (Å²) in [6.07, 6.45) is 1.07. The molecule has 0 spiro atoms. The van der Waals surface area contributed by atoms with E-state index in [0.29, 0.717) is 15.7 Å². The highest BCUT2D eigenvalue weighted by molar-refractivity contribution is 7.88. The third-order valence-electron chi connectivity index (χ3n) is 2.45. The molecule has 112 valence electrons. The minimum atomic E-state index is -3.45. The molecule has 0 heterocycles. The van der Waals surface area contributed by atoms with Gasteiger partial charge in [0.05, 0.1) is 12.8 Å². The number of sulfonamides is 1. The normalized spacial score (nSPS) is 11.9. The minimum Gasteiger partial charge on any atom is -0.325 e. The zero-order valence-electron chi connectivity index (χ0n) is 11.4. The second-order valence-electron chi connectivity index (χ2n) is 4.61. The van der Waals surface area contributed by atoms with Crippen LogP contribution >= 0.6 is 23.2 Å². The average Bonchev–Trinajstić information content (AvgIpc) is 2.22. The summed E-state index contributed by atoms with van der Waals surface area (Å²) < 4.78 is 24.3. The van der Waals surface area contributed by atoms with Gasteiger partial charge >= 0.3 is 0 Å². The number of amides is 1. The second kappa shape index (κ2) is 6.76. The van der Waals surface area contributed by atoms with E-state index in [9.17, 15) is 13.2 Å². The summed E-state index contributed by atoms with van der Waals surface area (Å²) in [5.74, 6) is -0.456. The molecule has 1 aromatic carbocycles. The maximum absolute atomic E-state index is 11.9. The molecule has 0 fully saturated rings. The van der Waals surface area contributed by atoms with Crippen molar-refractivity contribution in [2.75, 3.05) is 18.1 Å². The third kappa shape index (κ3) is 5.28. The molecule has 1 amide bonds. The molecule has 0 saturated heterocycles. The van der Waals surface area contributed by atoms with Crippen molar-refractivity contribution in [1.29, 1.82) is 0 Å². The van der Waals surface area contributed by atoms with E-state index in [1.54, 1.807) is 13.8 Å². The van der Waals surface area contributed by atoms with Crippen LogP contribution in [-0.2, 0) is 14.8 Å². The van der Waals surface area contributed by atoms with Crippen molar-refractivity contribution in [3.8, 4) is 0 Å². The highest BCUT2D eigenvalue weighted by Gasteiger charge is 2.23. The SMILES string of the molecule is CC(C)N(CC(=O)Nc1cc(Cl)cc(Cl)c1)S(C)(=O)=O. The molecule has 0 bridgehead atoms. The van der Waals surface area contributed by atoms with Crippen LogP contribution in [0.25, 0.3) is 0 Å². The van der Waals surface area contributed by atoms with Crippen LogP contribution in [0, 0.1) is 0 Å². The van der Waals surface area contributed by atoms with E-state index in [0.717, 1.165) is 10.6 Å². The molecule has 5 nitrogen and oxygen atoms in total. The second-order valence-corrected chi connectivity index (χ2v) is 7.42. The van der Waals surface area contributed by atoms with Gasteiger partial charge in [0.1, 0.15) is 0 Å². The summed E-state index contributed by atoms with van der Waals surface area (Å²) in [5, 5.41) is 3.34. The predicted molar refractivity (Wildman–Crippen MR) is 81.8 cm³/mol. The molecule has 1 N–H and O–H groups in total. The number of benzene rings is 1. The Morgan fingerprint density at radius 3 is 2.15 bits per heavy atom. The van der Waals surface area contributed by atoms with E-state index in [1.807, 2.05) is 0 Å². The number of nitrogens with one attached hydrogen (secondary N) is 1. The molecule has 0 atom stereocenters. The molecule has 0 aliphatic rings. The summed E-state index contributed by atoms with van der Waals surface area (Å²) in [5.41, 5.74) is 0.421. The number of nitrogens with zero attached hydrogens (tertiary/aromatic N) is 1. The number of carbonyl (C=O) groups is 1. The quantitative estimate of drug-likeness (QED) is 0.897. The molecule has 0 unspecified atom stereocenters. The van der Waals surface area contributed by atoms with E-state index < -0.39 is 15.9 Å². The van der Waals surface area contributed by atoms with Crippen LogP contribution in [-0.4, -0.2) is 37.5 Å². The third-order valence-corrected chi connectivity index (χ3v) is 4.29. The number of anilines is 1. The van der Waals surface area contributed by atoms with Gasteiger partial charge in [0, 0.05) is 21.8 Å². The van der Waals surface area contributed by atoms with E-state index in [-0.39, 0.29) is 12.6 Å². The Balaban J connectivity index is 2.81. The lowest BCUT2D eigenvalue weighted by atomic mass is 10.3. The molecule has 0 aliphatic heterocycles. The number of hydrogen-bond acceptors (Lipinski definition) is 3. The predicted octanol–water partition coefficient (Wildman–Crippen LogP) is 2.60. The maximum atomic E-state index is 11.9. The summed E-state index contributed by atoms with van der Waals surface area (Å²) in [6, 6.07) is 4.30. The maximum Gasteiger partial charge on any atom is 0.239 e. The molecule has 0 radical (unpaired) electrons. The van der Waals surface area contributed by atoms with Crippen molar-refractivity contribution in [2.45, 2.75) is 19.9 Å². The first-order valence-electron chi connectivity index (χ1n) is 5.82. The number of hydrogen-bond donors (Lipinski definition) is 1. The van der Waals surface area contributed by atoms with Crippen molar-refractivity contribution < 1.29 is 13.2 Å². The largest absolute Gasteiger partial charge is 0.325 e. The van der Waals surface area contributed by atoms with Crippen LogP contribution < -0.4 is 5.32 Å². The van der Waals surface area contributed by atoms with Crippen LogP contribution in [0.2, 0.25) is 10.0 Å². The molecule has 0 aliphatic carbocycles. The number of carbonyl (C=O) groups excluding carboxylic acids is 1. The van der Waals surface area contributed by atoms with E-state index in [2.05, 4.69) is 5.32 Å². The van der Waals surface area contributed by atoms with Crippen LogP contribution in [0.4, 0.5) is 5.69 Å². The molecular formula is C12H16Cl2N2O3S. The smallest absolute Gasteiger partial charge is 0.239 e. The van der Waals surface area contributed by atoms with Crippen LogP contribution in [0.3, 0.4) is 0 Å². The Labute approximate surface area is 128 Å². The zero-order valence-corrected chi connectivity index (χ0v) is 13.7. The fourth-order valence-electron chi connectivity index (χ4n) is 1.65. The summed E-state index contributed by atoms with van der Waals surface area (Å²) in [6.45, 7) is 3.13. The fraction of sp³-hybridized carbons (Fsp3) is 0.417. The van der Waals surface area contributed by atoms with Gasteiger partial charge in [-0.25, -0.2) is 8.42 Å². The van der Waals surface area contributed by atoms with Crippen molar-refractivity contribution in [1.82, 2.24) is 4.31 Å². The first-order valence-corrected chi connectivity index (χ1v) is 8.43. The van der Waals surface area contributed by atoms with Crippen molar-refractivity contribution in [3.63, 3.8) is 0 Å². The highest BCUT2D eigenvalue weighted by Crippen LogP contribution is 2.22. The Morgan fingerprint density at radius 1 is 1.25 bits per heavy atom. The summed E-state index contributed by atoms with van der Waals surface area (Å²) in [7, 11) is -3.45. The van der Waals surface area contributed by atoms with Gasteiger partial charge in [-0.1, -0.05) is 23.2 Å². The molecule has 0 aromatic heterocycles. The first-order chi connectivity index (χ1) is 9.09. The van der Waals surface area contributed by atoms with Gasteiger partial charge < -0.3 is 5.32 Å². The monoisotopic (exact) mass is 338 g/mol. The molecule has 0 saturated carbocycles. The van der Waals surface area contributed by atoms with Crippen LogP contribution in [0.5, 0.6) is 0 Å². The van der Waals surface area contributed by atoms with Gasteiger partial charge in [-0.2, -0.15) is 4.31 Å². The molecular weight excluding hydrogens is 323 g/mol. The lowest BCUT2D eigenvalue weighted by molar-refractivity contribution is -0.116. The van der Waals surface area contributed by atoms with Crippen LogP contribution in [0.1, 0.15) is 13.8 Å². The Bertz CT molecular complexity index is 582. The molecule has 8 heteroatoms. The van der Waals surface area contributed by atoms with Crippen molar-refractivity contribution in [3.05, 3.63) is 28.2 Å². The van der Waals surface area contributed by atoms with Gasteiger partial charge in [-0.05, 0) is 32.0 Å². The van der Waals surface area contributed by atoms with Gasteiger partial charge in [-0.15, -0.1) is 0 Å². The van der Waals surface area contributed by atoms with Gasteiger partial charge in [0.15, 0.2) is 0 Å². The van der Waals surface area contributed by atoms with E-state index in [1.165, 1.54) is 18.2 Å². The molecule has 1 aromatic rings. The van der Waals surface area contributed by atoms with Gasteiger partial charge in [0.2, 0.25) is 15.9 Å². The first kappa shape index (κ1) is 17.2. The Morgan fingerprint density at radius 2 is 1.75 bits per heavy atom. The van der Waals surface area contributed by atoms with Crippen molar-refractivity contribution in [2.24, 2.45) is 0 Å². The van der Waals surface area contributed by atoms with Crippen molar-refractivity contribution >= 4 is 44.8 Å². The number of rotatable bonds is 5. The fourth-order valence-corrected chi connectivity index (χ4v) is 3.29. The summed E-state index contributed by atoms with van der Waals surface area (Å²) >= 11 is 11.6. The topological polar surface area (TPSA) is 66.5 Å². The Kier molecular flexibility index (Phi) is 5.82. The molecule has 1 rings (SSSR count). The van der Waals surface area contributed by atoms with Gasteiger partial charge in [0.25, 0.3) is 0 Å². The summed E-state index contributed by atoms with van der Waals surface area (Å²) in [4.78, 5) is 11.9. The zero-order chi connectivity index (χ0) is 15.5. The molecule has 20 heavy (non-hydrogen) atoms. The van der Waals surface area contributed by atoms with Gasteiger partial charge in [-0.3, -0.25) is 4.79 Å². The standard InChI is InChI=1S/C12H16Cl2N2O3S/c1-8(2)16(20(3,18)19)7-12(17)15-11-5-9(13)4-10(14)6-11/h4-6,8H,7H2,1-3H3,(H,15,17).